The molecule has 0 unspecified atom stereocenters. The Kier molecular flexibility index (Phi) is 6.09. The van der Waals surface area contributed by atoms with Gasteiger partial charge in [-0.25, -0.2) is 0 Å². The highest BCUT2D eigenvalue weighted by Gasteiger charge is 2.40. The summed E-state index contributed by atoms with van der Waals surface area (Å²) >= 11 is 0. The van der Waals surface area contributed by atoms with Crippen molar-refractivity contribution < 1.29 is 9.47 Å². The predicted octanol–water partition coefficient (Wildman–Crippen LogP) is 3.67. The van der Waals surface area contributed by atoms with Crippen LogP contribution in [0.1, 0.15) is 51.0 Å². The summed E-state index contributed by atoms with van der Waals surface area (Å²) in [5, 5.41) is 3.72. The molecule has 0 radical (unpaired) electrons. The molecular formula is C20H31NO2. The normalized spacial score (nSPS) is 24.8. The second-order valence-electron chi connectivity index (χ2n) is 7.12. The van der Waals surface area contributed by atoms with Crippen LogP contribution in [0.25, 0.3) is 0 Å². The van der Waals surface area contributed by atoms with E-state index in [0.717, 1.165) is 32.8 Å². The molecule has 23 heavy (non-hydrogen) atoms. The van der Waals surface area contributed by atoms with Gasteiger partial charge in [-0.1, -0.05) is 43.2 Å². The van der Waals surface area contributed by atoms with Crippen LogP contribution in [-0.4, -0.2) is 38.5 Å². The zero-order chi connectivity index (χ0) is 16.0. The smallest absolute Gasteiger partial charge is 0.0809 e. The van der Waals surface area contributed by atoms with Crippen LogP contribution in [0.3, 0.4) is 0 Å². The molecule has 1 aliphatic heterocycles. The molecule has 1 N–H and O–H groups in total. The van der Waals surface area contributed by atoms with Crippen molar-refractivity contribution in [1.82, 2.24) is 5.32 Å². The van der Waals surface area contributed by atoms with Crippen LogP contribution in [0.15, 0.2) is 30.3 Å². The van der Waals surface area contributed by atoms with E-state index in [1.54, 1.807) is 0 Å². The molecule has 1 saturated carbocycles. The Bertz CT molecular complexity index is 450. The van der Waals surface area contributed by atoms with E-state index in [1.807, 2.05) is 0 Å². The molecule has 3 rings (SSSR count). The molecule has 2 atom stereocenters. The third-order valence-corrected chi connectivity index (χ3v) is 5.70. The zero-order valence-electron chi connectivity index (χ0n) is 14.4. The Morgan fingerprint density at radius 3 is 2.70 bits per heavy atom. The van der Waals surface area contributed by atoms with Gasteiger partial charge in [0, 0.05) is 24.6 Å². The number of benzene rings is 1. The summed E-state index contributed by atoms with van der Waals surface area (Å²) in [6.07, 6.45) is 7.94. The Labute approximate surface area is 140 Å². The molecular weight excluding hydrogens is 286 g/mol. The summed E-state index contributed by atoms with van der Waals surface area (Å²) in [6.45, 7) is 5.69. The minimum absolute atomic E-state index is 0.301. The standard InChI is InChI=1S/C20H31NO2/c1-17(21-13-15-22-16-19-10-7-14-23-19)20(11-5-6-12-20)18-8-3-2-4-9-18/h2-4,8-9,17,19,21H,5-7,10-16H2,1H3/t17-,19-/m1/s1. The van der Waals surface area contributed by atoms with Crippen LogP contribution in [0.5, 0.6) is 0 Å². The first-order valence-electron chi connectivity index (χ1n) is 9.29. The second kappa shape index (κ2) is 8.27. The summed E-state index contributed by atoms with van der Waals surface area (Å²) in [7, 11) is 0. The largest absolute Gasteiger partial charge is 0.377 e. The van der Waals surface area contributed by atoms with Gasteiger partial charge in [0.25, 0.3) is 0 Å². The van der Waals surface area contributed by atoms with E-state index < -0.39 is 0 Å². The molecule has 0 amide bonds. The van der Waals surface area contributed by atoms with Crippen molar-refractivity contribution in [2.24, 2.45) is 0 Å². The Morgan fingerprint density at radius 2 is 2.00 bits per heavy atom. The van der Waals surface area contributed by atoms with E-state index >= 15 is 0 Å². The van der Waals surface area contributed by atoms with Crippen molar-refractivity contribution in [3.63, 3.8) is 0 Å². The van der Waals surface area contributed by atoms with Crippen molar-refractivity contribution in [3.8, 4) is 0 Å². The summed E-state index contributed by atoms with van der Waals surface area (Å²) in [4.78, 5) is 0. The van der Waals surface area contributed by atoms with Crippen molar-refractivity contribution in [2.75, 3.05) is 26.4 Å². The first-order chi connectivity index (χ1) is 11.3. The molecule has 3 nitrogen and oxygen atoms in total. The van der Waals surface area contributed by atoms with Gasteiger partial charge in [0.05, 0.1) is 19.3 Å². The molecule has 1 aromatic carbocycles. The van der Waals surface area contributed by atoms with Gasteiger partial charge >= 0.3 is 0 Å². The minimum Gasteiger partial charge on any atom is -0.377 e. The second-order valence-corrected chi connectivity index (χ2v) is 7.12. The van der Waals surface area contributed by atoms with Crippen LogP contribution in [0.4, 0.5) is 0 Å². The Balaban J connectivity index is 1.46. The van der Waals surface area contributed by atoms with E-state index in [2.05, 4.69) is 42.6 Å². The predicted molar refractivity (Wildman–Crippen MR) is 93.8 cm³/mol. The molecule has 0 aromatic heterocycles. The zero-order valence-corrected chi connectivity index (χ0v) is 14.4. The summed E-state index contributed by atoms with van der Waals surface area (Å²) in [6, 6.07) is 11.6. The summed E-state index contributed by atoms with van der Waals surface area (Å²) in [5.74, 6) is 0. The average Bonchev–Trinajstić information content (AvgIpc) is 3.27. The van der Waals surface area contributed by atoms with Gasteiger partial charge in [0.15, 0.2) is 0 Å². The molecule has 1 heterocycles. The maximum atomic E-state index is 5.78. The van der Waals surface area contributed by atoms with Crippen LogP contribution in [0, 0.1) is 0 Å². The average molecular weight is 317 g/mol. The van der Waals surface area contributed by atoms with E-state index in [-0.39, 0.29) is 0 Å². The van der Waals surface area contributed by atoms with Gasteiger partial charge in [-0.2, -0.15) is 0 Å². The van der Waals surface area contributed by atoms with Crippen molar-refractivity contribution in [3.05, 3.63) is 35.9 Å². The van der Waals surface area contributed by atoms with E-state index in [4.69, 9.17) is 9.47 Å². The fraction of sp³-hybridized carbons (Fsp3) is 0.700. The van der Waals surface area contributed by atoms with Gasteiger partial charge < -0.3 is 14.8 Å². The number of nitrogens with one attached hydrogen (secondary N) is 1. The number of hydrogen-bond donors (Lipinski definition) is 1. The van der Waals surface area contributed by atoms with Gasteiger partial charge in [0.2, 0.25) is 0 Å². The van der Waals surface area contributed by atoms with E-state index in [1.165, 1.54) is 37.7 Å². The van der Waals surface area contributed by atoms with Gasteiger partial charge in [-0.3, -0.25) is 0 Å². The molecule has 2 aliphatic rings. The minimum atomic E-state index is 0.301. The van der Waals surface area contributed by atoms with Crippen LogP contribution < -0.4 is 5.32 Å². The third-order valence-electron chi connectivity index (χ3n) is 5.70. The van der Waals surface area contributed by atoms with Crippen LogP contribution >= 0.6 is 0 Å². The highest BCUT2D eigenvalue weighted by Crippen LogP contribution is 2.43. The number of hydrogen-bond acceptors (Lipinski definition) is 3. The highest BCUT2D eigenvalue weighted by atomic mass is 16.5. The van der Waals surface area contributed by atoms with Gasteiger partial charge in [-0.15, -0.1) is 0 Å². The molecule has 2 fully saturated rings. The fourth-order valence-electron chi connectivity index (χ4n) is 4.28. The first kappa shape index (κ1) is 16.9. The lowest BCUT2D eigenvalue weighted by Gasteiger charge is -2.37. The highest BCUT2D eigenvalue weighted by molar-refractivity contribution is 5.28. The monoisotopic (exact) mass is 317 g/mol. The maximum Gasteiger partial charge on any atom is 0.0809 e. The quantitative estimate of drug-likeness (QED) is 0.742. The molecule has 0 bridgehead atoms. The van der Waals surface area contributed by atoms with Crippen molar-refractivity contribution >= 4 is 0 Å². The topological polar surface area (TPSA) is 30.5 Å². The molecule has 1 aliphatic carbocycles. The maximum absolute atomic E-state index is 5.78. The summed E-state index contributed by atoms with van der Waals surface area (Å²) in [5.41, 5.74) is 1.80. The molecule has 128 valence electrons. The number of rotatable bonds is 8. The van der Waals surface area contributed by atoms with Crippen LogP contribution in [0.2, 0.25) is 0 Å². The lowest BCUT2D eigenvalue weighted by atomic mass is 9.73. The fourth-order valence-corrected chi connectivity index (χ4v) is 4.28. The molecule has 1 aromatic rings. The summed E-state index contributed by atoms with van der Waals surface area (Å²) < 4.78 is 11.4. The van der Waals surface area contributed by atoms with Crippen molar-refractivity contribution in [1.29, 1.82) is 0 Å². The lowest BCUT2D eigenvalue weighted by molar-refractivity contribution is 0.0174. The first-order valence-corrected chi connectivity index (χ1v) is 9.29. The number of ether oxygens (including phenoxy) is 2. The molecule has 0 spiro atoms. The van der Waals surface area contributed by atoms with Gasteiger partial charge in [-0.05, 0) is 38.2 Å². The van der Waals surface area contributed by atoms with Gasteiger partial charge in [0.1, 0.15) is 0 Å². The third kappa shape index (κ3) is 4.14. The molecule has 1 saturated heterocycles. The Morgan fingerprint density at radius 1 is 1.22 bits per heavy atom. The van der Waals surface area contributed by atoms with E-state index in [9.17, 15) is 0 Å². The van der Waals surface area contributed by atoms with Crippen molar-refractivity contribution in [2.45, 2.75) is 63.0 Å². The SMILES string of the molecule is C[C@@H](NCCOC[C@H]1CCCO1)C1(c2ccccc2)CCCC1. The molecule has 3 heteroatoms. The Hall–Kier alpha value is -0.900. The lowest BCUT2D eigenvalue weighted by Crippen LogP contribution is -2.46. The van der Waals surface area contributed by atoms with E-state index in [0.29, 0.717) is 17.6 Å². The van der Waals surface area contributed by atoms with Crippen LogP contribution in [-0.2, 0) is 14.9 Å².